The van der Waals surface area contributed by atoms with Crippen LogP contribution in [0.3, 0.4) is 0 Å². The molecule has 9 nitrogen and oxygen atoms in total. The second kappa shape index (κ2) is 4.37. The van der Waals surface area contributed by atoms with Crippen molar-refractivity contribution >= 4 is 5.84 Å². The van der Waals surface area contributed by atoms with E-state index in [4.69, 9.17) is 21.0 Å². The van der Waals surface area contributed by atoms with Gasteiger partial charge in [0.05, 0.1) is 6.61 Å². The Labute approximate surface area is 96.0 Å². The molecular weight excluding hydrogens is 230 g/mol. The van der Waals surface area contributed by atoms with E-state index in [0.29, 0.717) is 0 Å². The molecule has 1 saturated heterocycles. The maximum absolute atomic E-state index is 9.70. The van der Waals surface area contributed by atoms with Gasteiger partial charge in [-0.2, -0.15) is 0 Å². The molecule has 0 amide bonds. The van der Waals surface area contributed by atoms with E-state index in [1.165, 1.54) is 6.33 Å². The summed E-state index contributed by atoms with van der Waals surface area (Å²) in [5.41, 5.74) is 5.19. The van der Waals surface area contributed by atoms with Crippen molar-refractivity contribution in [1.82, 2.24) is 14.8 Å². The first kappa shape index (κ1) is 11.9. The minimum atomic E-state index is -1.23. The minimum Gasteiger partial charge on any atom is -0.394 e. The lowest BCUT2D eigenvalue weighted by Crippen LogP contribution is -2.33. The molecule has 6 N–H and O–H groups in total. The third kappa shape index (κ3) is 2.00. The maximum Gasteiger partial charge on any atom is 0.215 e. The number of nitrogen functional groups attached to an aromatic ring is 1. The Hall–Kier alpha value is -1.55. The average molecular weight is 243 g/mol. The van der Waals surface area contributed by atoms with Crippen LogP contribution in [-0.2, 0) is 4.74 Å². The Bertz CT molecular complexity index is 422. The first-order chi connectivity index (χ1) is 8.04. The topological polar surface area (TPSA) is 150 Å². The van der Waals surface area contributed by atoms with Crippen LogP contribution in [0, 0.1) is 5.41 Å². The summed E-state index contributed by atoms with van der Waals surface area (Å²) in [5.74, 6) is -0.307. The fourth-order valence-corrected chi connectivity index (χ4v) is 1.62. The van der Waals surface area contributed by atoms with Crippen molar-refractivity contribution in [2.24, 2.45) is 5.73 Å². The molecule has 1 aromatic heterocycles. The third-order valence-electron chi connectivity index (χ3n) is 2.53. The van der Waals surface area contributed by atoms with Crippen molar-refractivity contribution in [3.8, 4) is 0 Å². The first-order valence-electron chi connectivity index (χ1n) is 4.92. The van der Waals surface area contributed by atoms with Crippen molar-refractivity contribution in [3.63, 3.8) is 0 Å². The summed E-state index contributed by atoms with van der Waals surface area (Å²) in [6, 6.07) is 0. The summed E-state index contributed by atoms with van der Waals surface area (Å²) >= 11 is 0. The molecule has 2 heterocycles. The summed E-state index contributed by atoms with van der Waals surface area (Å²) in [4.78, 5) is 3.74. The summed E-state index contributed by atoms with van der Waals surface area (Å²) in [6.07, 6.45) is -3.02. The fourth-order valence-electron chi connectivity index (χ4n) is 1.62. The van der Waals surface area contributed by atoms with Crippen LogP contribution >= 0.6 is 0 Å². The van der Waals surface area contributed by atoms with Crippen molar-refractivity contribution in [1.29, 1.82) is 5.41 Å². The third-order valence-corrected chi connectivity index (χ3v) is 2.53. The van der Waals surface area contributed by atoms with Crippen LogP contribution in [0.1, 0.15) is 12.1 Å². The Morgan fingerprint density at radius 3 is 2.71 bits per heavy atom. The van der Waals surface area contributed by atoms with Crippen LogP contribution in [0.4, 0.5) is 0 Å². The van der Waals surface area contributed by atoms with Gasteiger partial charge in [0.15, 0.2) is 12.1 Å². The molecule has 1 unspecified atom stereocenters. The summed E-state index contributed by atoms with van der Waals surface area (Å²) in [6.45, 7) is -0.414. The van der Waals surface area contributed by atoms with Crippen LogP contribution in [0.2, 0.25) is 0 Å². The van der Waals surface area contributed by atoms with E-state index in [1.807, 2.05) is 0 Å². The molecule has 1 aromatic rings. The zero-order valence-corrected chi connectivity index (χ0v) is 8.76. The second-order valence-electron chi connectivity index (χ2n) is 3.69. The number of nitrogens with zero attached hydrogens (tertiary/aromatic N) is 3. The lowest BCUT2D eigenvalue weighted by molar-refractivity contribution is -0.0588. The van der Waals surface area contributed by atoms with E-state index < -0.39 is 31.1 Å². The van der Waals surface area contributed by atoms with E-state index in [9.17, 15) is 10.2 Å². The molecule has 1 aliphatic rings. The number of aromatic nitrogens is 3. The standard InChI is InChI=1S/C8H13N5O4/c9-6(10)7-11-2-13(12-7)8-5(16)4(15)3(1-14)17-8/h2-5,8,14-16H,1H2,(H3,9,10)/t3-,4?,5+,8-/m1/s1. The molecule has 0 saturated carbocycles. The number of rotatable bonds is 3. The number of hydrogen-bond acceptors (Lipinski definition) is 7. The highest BCUT2D eigenvalue weighted by Gasteiger charge is 2.43. The first-order valence-corrected chi connectivity index (χ1v) is 4.92. The van der Waals surface area contributed by atoms with Crippen LogP contribution in [-0.4, -0.2) is 60.8 Å². The van der Waals surface area contributed by atoms with Crippen molar-refractivity contribution < 1.29 is 20.1 Å². The molecule has 0 bridgehead atoms. The lowest BCUT2D eigenvalue weighted by atomic mass is 10.1. The van der Waals surface area contributed by atoms with Crippen LogP contribution in [0.25, 0.3) is 0 Å². The summed E-state index contributed by atoms with van der Waals surface area (Å²) in [7, 11) is 0. The van der Waals surface area contributed by atoms with Gasteiger partial charge < -0.3 is 25.8 Å². The second-order valence-corrected chi connectivity index (χ2v) is 3.69. The smallest absolute Gasteiger partial charge is 0.215 e. The van der Waals surface area contributed by atoms with Gasteiger partial charge in [0.1, 0.15) is 24.6 Å². The minimum absolute atomic E-state index is 0.00254. The van der Waals surface area contributed by atoms with E-state index in [-0.39, 0.29) is 11.7 Å². The Kier molecular flexibility index (Phi) is 3.07. The Morgan fingerprint density at radius 1 is 1.53 bits per heavy atom. The lowest BCUT2D eigenvalue weighted by Gasteiger charge is -2.13. The highest BCUT2D eigenvalue weighted by molar-refractivity contribution is 5.90. The Morgan fingerprint density at radius 2 is 2.24 bits per heavy atom. The number of hydrogen-bond donors (Lipinski definition) is 5. The molecule has 4 atom stereocenters. The highest BCUT2D eigenvalue weighted by Crippen LogP contribution is 2.28. The number of aliphatic hydroxyl groups excluding tert-OH is 3. The van der Waals surface area contributed by atoms with Gasteiger partial charge in [-0.05, 0) is 0 Å². The molecule has 0 aliphatic carbocycles. The van der Waals surface area contributed by atoms with E-state index >= 15 is 0 Å². The van der Waals surface area contributed by atoms with Crippen molar-refractivity contribution in [3.05, 3.63) is 12.2 Å². The van der Waals surface area contributed by atoms with Gasteiger partial charge >= 0.3 is 0 Å². The predicted molar refractivity (Wildman–Crippen MR) is 54.0 cm³/mol. The van der Waals surface area contributed by atoms with Crippen molar-refractivity contribution in [2.45, 2.75) is 24.5 Å². The SMILES string of the molecule is N=C(N)c1ncn([C@@H]2O[C@H](CO)C(O)[C@@H]2O)n1. The fraction of sp³-hybridized carbons (Fsp3) is 0.625. The number of nitrogens with one attached hydrogen (secondary N) is 1. The Balaban J connectivity index is 2.19. The van der Waals surface area contributed by atoms with Gasteiger partial charge in [-0.1, -0.05) is 0 Å². The molecule has 2 rings (SSSR count). The van der Waals surface area contributed by atoms with Gasteiger partial charge in [-0.15, -0.1) is 5.10 Å². The summed E-state index contributed by atoms with van der Waals surface area (Å²) < 4.78 is 6.37. The average Bonchev–Trinajstić information content (AvgIpc) is 2.87. The zero-order chi connectivity index (χ0) is 12.6. The molecule has 0 radical (unpaired) electrons. The van der Waals surface area contributed by atoms with E-state index in [0.717, 1.165) is 4.68 Å². The molecule has 94 valence electrons. The molecule has 0 spiro atoms. The van der Waals surface area contributed by atoms with Gasteiger partial charge in [0.25, 0.3) is 0 Å². The molecule has 0 aromatic carbocycles. The number of aliphatic hydroxyl groups is 3. The highest BCUT2D eigenvalue weighted by atomic mass is 16.6. The molecule has 1 fully saturated rings. The quantitative estimate of drug-likeness (QED) is 0.283. The van der Waals surface area contributed by atoms with Gasteiger partial charge in [-0.3, -0.25) is 5.41 Å². The van der Waals surface area contributed by atoms with Crippen LogP contribution in [0.5, 0.6) is 0 Å². The van der Waals surface area contributed by atoms with Gasteiger partial charge in [0.2, 0.25) is 5.82 Å². The largest absolute Gasteiger partial charge is 0.394 e. The van der Waals surface area contributed by atoms with Crippen LogP contribution < -0.4 is 5.73 Å². The molecular formula is C8H13N5O4. The van der Waals surface area contributed by atoms with Gasteiger partial charge in [-0.25, -0.2) is 9.67 Å². The number of ether oxygens (including phenoxy) is 1. The number of nitrogens with two attached hydrogens (primary N) is 1. The zero-order valence-electron chi connectivity index (χ0n) is 8.76. The van der Waals surface area contributed by atoms with Gasteiger partial charge in [0, 0.05) is 0 Å². The monoisotopic (exact) mass is 243 g/mol. The molecule has 1 aliphatic heterocycles. The maximum atomic E-state index is 9.70. The van der Waals surface area contributed by atoms with E-state index in [1.54, 1.807) is 0 Å². The molecule has 17 heavy (non-hydrogen) atoms. The summed E-state index contributed by atoms with van der Waals surface area (Å²) in [5, 5.41) is 39.1. The normalized spacial score (nSPS) is 32.9. The number of amidine groups is 1. The molecule has 9 heteroatoms. The van der Waals surface area contributed by atoms with Crippen LogP contribution in [0.15, 0.2) is 6.33 Å². The predicted octanol–water partition coefficient (Wildman–Crippen LogP) is -2.83. The van der Waals surface area contributed by atoms with E-state index in [2.05, 4.69) is 10.1 Å². The van der Waals surface area contributed by atoms with Crippen molar-refractivity contribution in [2.75, 3.05) is 6.61 Å².